The van der Waals surface area contributed by atoms with Crippen molar-refractivity contribution in [3.63, 3.8) is 0 Å². The Morgan fingerprint density at radius 1 is 1.80 bits per heavy atom. The molecule has 0 spiro atoms. The van der Waals surface area contributed by atoms with E-state index in [1.807, 2.05) is 0 Å². The number of hydrogen-bond acceptors (Lipinski definition) is 1. The minimum Gasteiger partial charge on any atom is -0.126 e. The van der Waals surface area contributed by atoms with Crippen molar-refractivity contribution in [1.29, 1.82) is 0 Å². The summed E-state index contributed by atoms with van der Waals surface area (Å²) in [6.07, 6.45) is 0.719. The van der Waals surface area contributed by atoms with E-state index < -0.39 is 0 Å². The van der Waals surface area contributed by atoms with Crippen molar-refractivity contribution in [2.24, 2.45) is 0 Å². The minimum atomic E-state index is 0.601. The van der Waals surface area contributed by atoms with Crippen LogP contribution in [0.3, 0.4) is 0 Å². The van der Waals surface area contributed by atoms with E-state index in [9.17, 15) is 0 Å². The van der Waals surface area contributed by atoms with Gasteiger partial charge in [-0.3, -0.25) is 0 Å². The number of halogens is 1. The fourth-order valence-corrected chi connectivity index (χ4v) is 0.347. The van der Waals surface area contributed by atoms with E-state index in [-0.39, 0.29) is 0 Å². The first kappa shape index (κ1) is 5.38. The van der Waals surface area contributed by atoms with Crippen molar-refractivity contribution in [3.05, 3.63) is 0 Å². The zero-order valence-corrected chi connectivity index (χ0v) is 4.27. The van der Waals surface area contributed by atoms with Crippen LogP contribution >= 0.6 is 23.8 Å². The highest BCUT2D eigenvalue weighted by molar-refractivity contribution is 7.78. The Kier molecular flexibility index (Phi) is 4.71. The summed E-state index contributed by atoms with van der Waals surface area (Å²) in [5.41, 5.74) is 0. The zero-order chi connectivity index (χ0) is 4.12. The van der Waals surface area contributed by atoms with Gasteiger partial charge in [-0.15, -0.1) is 11.6 Å². The van der Waals surface area contributed by atoms with E-state index in [0.29, 0.717) is 5.88 Å². The molecule has 0 aliphatic carbocycles. The van der Waals surface area contributed by atoms with Gasteiger partial charge in [0.25, 0.3) is 0 Å². The normalized spacial score (nSPS) is 7.40. The number of hydrogen-bond donors (Lipinski definition) is 0. The number of thiocarbonyl (C=S) groups is 1. The number of rotatable bonds is 2. The molecule has 0 unspecified atom stereocenters. The Hall–Kier alpha value is 0.380. The van der Waals surface area contributed by atoms with Gasteiger partial charge in [-0.2, -0.15) is 0 Å². The van der Waals surface area contributed by atoms with Gasteiger partial charge in [-0.05, 0) is 6.42 Å². The van der Waals surface area contributed by atoms with Gasteiger partial charge in [-0.25, -0.2) is 0 Å². The van der Waals surface area contributed by atoms with E-state index in [4.69, 9.17) is 11.6 Å². The highest BCUT2D eigenvalue weighted by atomic mass is 35.5. The summed E-state index contributed by atoms with van der Waals surface area (Å²) < 4.78 is 0. The van der Waals surface area contributed by atoms with Crippen molar-refractivity contribution >= 4 is 29.2 Å². The molecule has 0 aliphatic rings. The molecule has 0 heterocycles. The smallest absolute Gasteiger partial charge is 0.0303 e. The van der Waals surface area contributed by atoms with Crippen LogP contribution in [0.1, 0.15) is 6.42 Å². The molecule has 5 heavy (non-hydrogen) atoms. The second-order valence-corrected chi connectivity index (χ2v) is 1.25. The summed E-state index contributed by atoms with van der Waals surface area (Å²) in [6.45, 7) is 0. The Balaban J connectivity index is 2.40. The van der Waals surface area contributed by atoms with Gasteiger partial charge in [-0.1, -0.05) is 12.2 Å². The average Bonchev–Trinajstić information content (AvgIpc) is 1.41. The first-order valence-electron chi connectivity index (χ1n) is 1.32. The summed E-state index contributed by atoms with van der Waals surface area (Å²) in [7, 11) is 0. The molecule has 0 rings (SSSR count). The summed E-state index contributed by atoms with van der Waals surface area (Å²) in [6, 6.07) is 0. The van der Waals surface area contributed by atoms with Crippen LogP contribution < -0.4 is 0 Å². The Morgan fingerprint density at radius 3 is 2.40 bits per heavy atom. The van der Waals surface area contributed by atoms with Crippen molar-refractivity contribution in [2.75, 3.05) is 5.88 Å². The first-order valence-corrected chi connectivity index (χ1v) is 2.27. The third-order valence-corrected chi connectivity index (χ3v) is 0.590. The van der Waals surface area contributed by atoms with Crippen LogP contribution in [0.4, 0.5) is 0 Å². The Morgan fingerprint density at radius 2 is 2.40 bits per heavy atom. The summed E-state index contributed by atoms with van der Waals surface area (Å²) in [5, 5.41) is 2.47. The molecule has 0 aliphatic heterocycles. The third kappa shape index (κ3) is 4.38. The zero-order valence-electron chi connectivity index (χ0n) is 2.70. The van der Waals surface area contributed by atoms with Crippen molar-refractivity contribution < 1.29 is 0 Å². The Bertz CT molecular complexity index is 28.1. The van der Waals surface area contributed by atoms with Crippen molar-refractivity contribution in [3.8, 4) is 0 Å². The van der Waals surface area contributed by atoms with Gasteiger partial charge < -0.3 is 0 Å². The maximum atomic E-state index is 5.17. The fourth-order valence-electron chi connectivity index (χ4n) is 0.0386. The predicted octanol–water partition coefficient (Wildman–Crippen LogP) is 1.49. The second-order valence-electron chi connectivity index (χ2n) is 0.583. The molecule has 0 saturated heterocycles. The molecule has 0 N–H and O–H groups in total. The summed E-state index contributed by atoms with van der Waals surface area (Å²) in [4.78, 5) is 0. The van der Waals surface area contributed by atoms with Crippen LogP contribution in [0.2, 0.25) is 0 Å². The van der Waals surface area contributed by atoms with Gasteiger partial charge in [0.05, 0.1) is 0 Å². The molecule has 0 aromatic carbocycles. The van der Waals surface area contributed by atoms with Crippen LogP contribution in [0.5, 0.6) is 0 Å². The van der Waals surface area contributed by atoms with E-state index in [0.717, 1.165) is 6.42 Å². The molecule has 2 heteroatoms. The maximum absolute atomic E-state index is 5.17. The highest BCUT2D eigenvalue weighted by Crippen LogP contribution is 1.76. The molecular weight excluding hydrogens is 104 g/mol. The van der Waals surface area contributed by atoms with E-state index >= 15 is 0 Å². The largest absolute Gasteiger partial charge is 0.126 e. The van der Waals surface area contributed by atoms with Crippen molar-refractivity contribution in [2.45, 2.75) is 6.42 Å². The standard InChI is InChI=1S/C3H4ClS/c4-2-1-3-5/h1-2H2. The maximum Gasteiger partial charge on any atom is 0.0303 e. The van der Waals surface area contributed by atoms with Crippen LogP contribution in [0.15, 0.2) is 0 Å². The van der Waals surface area contributed by atoms with Gasteiger partial charge in [0.1, 0.15) is 0 Å². The summed E-state index contributed by atoms with van der Waals surface area (Å²) >= 11 is 9.49. The van der Waals surface area contributed by atoms with E-state index in [1.54, 1.807) is 0 Å². The lowest BCUT2D eigenvalue weighted by Crippen LogP contribution is -1.67. The summed E-state index contributed by atoms with van der Waals surface area (Å²) in [5.74, 6) is 0.601. The number of alkyl halides is 1. The molecule has 0 aromatic heterocycles. The molecule has 0 bridgehead atoms. The monoisotopic (exact) mass is 107 g/mol. The lowest BCUT2D eigenvalue weighted by atomic mass is 10.6. The quantitative estimate of drug-likeness (QED) is 0.381. The molecule has 0 fully saturated rings. The molecule has 29 valence electrons. The lowest BCUT2D eigenvalue weighted by molar-refractivity contribution is 1.36. The minimum absolute atomic E-state index is 0.601. The third-order valence-electron chi connectivity index (χ3n) is 0.197. The molecule has 0 aromatic rings. The fraction of sp³-hybridized carbons (Fsp3) is 0.667. The molecule has 0 atom stereocenters. The average molecular weight is 108 g/mol. The van der Waals surface area contributed by atoms with Crippen LogP contribution in [-0.2, 0) is 0 Å². The van der Waals surface area contributed by atoms with Crippen molar-refractivity contribution in [1.82, 2.24) is 0 Å². The lowest BCUT2D eigenvalue weighted by Gasteiger charge is -1.67. The van der Waals surface area contributed by atoms with Gasteiger partial charge in [0.15, 0.2) is 0 Å². The van der Waals surface area contributed by atoms with E-state index in [2.05, 4.69) is 17.6 Å². The van der Waals surface area contributed by atoms with Gasteiger partial charge >= 0.3 is 0 Å². The molecule has 0 amide bonds. The first-order chi connectivity index (χ1) is 2.41. The van der Waals surface area contributed by atoms with Crippen LogP contribution in [0.25, 0.3) is 0 Å². The molecule has 0 nitrogen and oxygen atoms in total. The van der Waals surface area contributed by atoms with Gasteiger partial charge in [0, 0.05) is 11.2 Å². The molecule has 0 saturated carbocycles. The SMILES string of the molecule is S=[C]CCCl. The second kappa shape index (κ2) is 4.38. The van der Waals surface area contributed by atoms with E-state index in [1.165, 1.54) is 0 Å². The predicted molar refractivity (Wildman–Crippen MR) is 27.9 cm³/mol. The van der Waals surface area contributed by atoms with Crippen LogP contribution in [-0.4, -0.2) is 11.2 Å². The molecule has 1 radical (unpaired) electrons. The highest BCUT2D eigenvalue weighted by Gasteiger charge is 1.67. The topological polar surface area (TPSA) is 0 Å². The molecular formula is C3H4ClS. The van der Waals surface area contributed by atoms with Crippen LogP contribution in [0, 0.1) is 0 Å². The Labute approximate surface area is 42.1 Å². The van der Waals surface area contributed by atoms with Gasteiger partial charge in [0.2, 0.25) is 0 Å².